The molecule has 3 heterocycles. The number of rotatable bonds is 2. The van der Waals surface area contributed by atoms with Crippen LogP contribution in [0.1, 0.15) is 29.5 Å². The first-order valence-corrected chi connectivity index (χ1v) is 7.18. The van der Waals surface area contributed by atoms with Gasteiger partial charge in [-0.25, -0.2) is 4.98 Å². The molecule has 0 saturated carbocycles. The fourth-order valence-electron chi connectivity index (χ4n) is 2.91. The zero-order chi connectivity index (χ0) is 14.0. The van der Waals surface area contributed by atoms with Crippen molar-refractivity contribution in [3.8, 4) is 0 Å². The number of ether oxygens (including phenoxy) is 2. The number of aromatic nitrogens is 1. The molecule has 0 unspecified atom stereocenters. The van der Waals surface area contributed by atoms with Crippen LogP contribution in [0.4, 0.5) is 0 Å². The van der Waals surface area contributed by atoms with Gasteiger partial charge in [-0.2, -0.15) is 0 Å². The van der Waals surface area contributed by atoms with E-state index in [1.54, 1.807) is 6.07 Å². The van der Waals surface area contributed by atoms with Crippen molar-refractivity contribution in [3.63, 3.8) is 0 Å². The van der Waals surface area contributed by atoms with Gasteiger partial charge < -0.3 is 14.4 Å². The number of pyridine rings is 1. The molecule has 2 aliphatic rings. The van der Waals surface area contributed by atoms with Crippen molar-refractivity contribution in [3.05, 3.63) is 29.6 Å². The SMILES string of the molecule is CCc1cccc(C(=O)N2CCOC[C@]23CCOC3)n1. The third kappa shape index (κ3) is 2.31. The molecule has 20 heavy (non-hydrogen) atoms. The Bertz CT molecular complexity index is 498. The normalized spacial score (nSPS) is 26.1. The molecular weight excluding hydrogens is 256 g/mol. The third-order valence-electron chi connectivity index (χ3n) is 4.12. The standard InChI is InChI=1S/C15H20N2O3/c1-2-12-4-3-5-13(16-12)14(18)17-7-9-20-11-15(17)6-8-19-10-15/h3-5H,2,6-11H2,1H3/t15-/m1/s1. The van der Waals surface area contributed by atoms with Crippen LogP contribution in [0, 0.1) is 0 Å². The molecule has 0 aliphatic carbocycles. The van der Waals surface area contributed by atoms with Crippen molar-refractivity contribution in [1.29, 1.82) is 0 Å². The monoisotopic (exact) mass is 276 g/mol. The number of hydrogen-bond donors (Lipinski definition) is 0. The minimum atomic E-state index is -0.292. The number of aryl methyl sites for hydroxylation is 1. The molecule has 1 amide bonds. The first-order chi connectivity index (χ1) is 9.75. The van der Waals surface area contributed by atoms with Gasteiger partial charge in [-0.15, -0.1) is 0 Å². The average Bonchev–Trinajstić information content (AvgIpc) is 2.96. The summed E-state index contributed by atoms with van der Waals surface area (Å²) in [7, 11) is 0. The minimum absolute atomic E-state index is 0.00546. The number of nitrogens with zero attached hydrogens (tertiary/aromatic N) is 2. The summed E-state index contributed by atoms with van der Waals surface area (Å²) in [6.45, 7) is 5.05. The van der Waals surface area contributed by atoms with Crippen LogP contribution in [-0.4, -0.2) is 54.3 Å². The van der Waals surface area contributed by atoms with Gasteiger partial charge in [-0.1, -0.05) is 13.0 Å². The summed E-state index contributed by atoms with van der Waals surface area (Å²) in [6.07, 6.45) is 1.67. The number of carbonyl (C=O) groups is 1. The van der Waals surface area contributed by atoms with Gasteiger partial charge in [0.1, 0.15) is 5.69 Å². The van der Waals surface area contributed by atoms with Crippen molar-refractivity contribution in [2.75, 3.05) is 33.0 Å². The Morgan fingerprint density at radius 1 is 1.35 bits per heavy atom. The quantitative estimate of drug-likeness (QED) is 0.816. The predicted molar refractivity (Wildman–Crippen MR) is 73.6 cm³/mol. The van der Waals surface area contributed by atoms with E-state index >= 15 is 0 Å². The molecule has 1 aromatic rings. The van der Waals surface area contributed by atoms with Gasteiger partial charge in [-0.3, -0.25) is 4.79 Å². The Labute approximate surface area is 118 Å². The Morgan fingerprint density at radius 3 is 2.90 bits per heavy atom. The van der Waals surface area contributed by atoms with Gasteiger partial charge in [0.2, 0.25) is 0 Å². The Kier molecular flexibility index (Phi) is 3.72. The number of carbonyl (C=O) groups excluding carboxylic acids is 1. The Hall–Kier alpha value is -1.46. The topological polar surface area (TPSA) is 51.7 Å². The van der Waals surface area contributed by atoms with E-state index in [1.165, 1.54) is 0 Å². The lowest BCUT2D eigenvalue weighted by Gasteiger charge is -2.43. The summed E-state index contributed by atoms with van der Waals surface area (Å²) >= 11 is 0. The van der Waals surface area contributed by atoms with Gasteiger partial charge in [0.25, 0.3) is 5.91 Å². The van der Waals surface area contributed by atoms with E-state index in [0.29, 0.717) is 38.7 Å². The zero-order valence-corrected chi connectivity index (χ0v) is 11.8. The molecule has 3 rings (SSSR count). The van der Waals surface area contributed by atoms with Gasteiger partial charge in [0.15, 0.2) is 0 Å². The van der Waals surface area contributed by atoms with Crippen molar-refractivity contribution in [1.82, 2.24) is 9.88 Å². The van der Waals surface area contributed by atoms with E-state index in [2.05, 4.69) is 4.98 Å². The maximum Gasteiger partial charge on any atom is 0.273 e. The second-order valence-corrected chi connectivity index (χ2v) is 5.40. The number of amides is 1. The van der Waals surface area contributed by atoms with E-state index in [9.17, 15) is 4.79 Å². The van der Waals surface area contributed by atoms with Crippen LogP contribution in [0.3, 0.4) is 0 Å². The average molecular weight is 276 g/mol. The summed E-state index contributed by atoms with van der Waals surface area (Å²) in [6, 6.07) is 5.64. The number of hydrogen-bond acceptors (Lipinski definition) is 4. The van der Waals surface area contributed by atoms with Gasteiger partial charge in [0.05, 0.1) is 25.4 Å². The molecule has 2 fully saturated rings. The van der Waals surface area contributed by atoms with E-state index in [4.69, 9.17) is 9.47 Å². The molecule has 1 atom stereocenters. The van der Waals surface area contributed by atoms with Crippen molar-refractivity contribution < 1.29 is 14.3 Å². The van der Waals surface area contributed by atoms with Crippen LogP contribution in [0.25, 0.3) is 0 Å². The van der Waals surface area contributed by atoms with Crippen molar-refractivity contribution >= 4 is 5.91 Å². The lowest BCUT2D eigenvalue weighted by Crippen LogP contribution is -2.59. The van der Waals surface area contributed by atoms with E-state index < -0.39 is 0 Å². The summed E-state index contributed by atoms with van der Waals surface area (Å²) in [4.78, 5) is 19.1. The maximum atomic E-state index is 12.8. The highest BCUT2D eigenvalue weighted by molar-refractivity contribution is 5.93. The summed E-state index contributed by atoms with van der Waals surface area (Å²) in [5, 5.41) is 0. The third-order valence-corrected chi connectivity index (χ3v) is 4.12. The molecule has 2 aliphatic heterocycles. The van der Waals surface area contributed by atoms with Crippen LogP contribution in [0.15, 0.2) is 18.2 Å². The van der Waals surface area contributed by atoms with Gasteiger partial charge in [-0.05, 0) is 25.0 Å². The zero-order valence-electron chi connectivity index (χ0n) is 11.8. The van der Waals surface area contributed by atoms with E-state index in [0.717, 1.165) is 18.5 Å². The molecule has 1 spiro atoms. The Balaban J connectivity index is 1.87. The second-order valence-electron chi connectivity index (χ2n) is 5.40. The molecule has 2 saturated heterocycles. The summed E-state index contributed by atoms with van der Waals surface area (Å²) < 4.78 is 11.1. The smallest absolute Gasteiger partial charge is 0.273 e. The van der Waals surface area contributed by atoms with Gasteiger partial charge in [0, 0.05) is 18.8 Å². The second kappa shape index (κ2) is 5.50. The number of morpholine rings is 1. The van der Waals surface area contributed by atoms with Crippen LogP contribution in [0.2, 0.25) is 0 Å². The summed E-state index contributed by atoms with van der Waals surface area (Å²) in [5.74, 6) is -0.00546. The van der Waals surface area contributed by atoms with Crippen molar-refractivity contribution in [2.45, 2.75) is 25.3 Å². The highest BCUT2D eigenvalue weighted by Gasteiger charge is 2.45. The fourth-order valence-corrected chi connectivity index (χ4v) is 2.91. The predicted octanol–water partition coefficient (Wildman–Crippen LogP) is 1.28. The molecule has 0 bridgehead atoms. The van der Waals surface area contributed by atoms with Crippen LogP contribution < -0.4 is 0 Å². The molecule has 1 aromatic heterocycles. The molecule has 0 aromatic carbocycles. The molecule has 5 nitrogen and oxygen atoms in total. The molecule has 108 valence electrons. The highest BCUT2D eigenvalue weighted by atomic mass is 16.5. The molecular formula is C15H20N2O3. The molecule has 0 N–H and O–H groups in total. The maximum absolute atomic E-state index is 12.8. The molecule has 5 heteroatoms. The van der Waals surface area contributed by atoms with E-state index in [-0.39, 0.29) is 11.4 Å². The van der Waals surface area contributed by atoms with Crippen LogP contribution in [0.5, 0.6) is 0 Å². The summed E-state index contributed by atoms with van der Waals surface area (Å²) in [5.41, 5.74) is 1.18. The van der Waals surface area contributed by atoms with Crippen LogP contribution in [-0.2, 0) is 15.9 Å². The fraction of sp³-hybridized carbons (Fsp3) is 0.600. The minimum Gasteiger partial charge on any atom is -0.379 e. The first kappa shape index (κ1) is 13.5. The lowest BCUT2D eigenvalue weighted by molar-refractivity contribution is -0.0553. The van der Waals surface area contributed by atoms with Crippen molar-refractivity contribution in [2.24, 2.45) is 0 Å². The largest absolute Gasteiger partial charge is 0.379 e. The molecule has 0 radical (unpaired) electrons. The Morgan fingerprint density at radius 2 is 2.15 bits per heavy atom. The lowest BCUT2D eigenvalue weighted by atomic mass is 9.95. The van der Waals surface area contributed by atoms with Gasteiger partial charge >= 0.3 is 0 Å². The van der Waals surface area contributed by atoms with E-state index in [1.807, 2.05) is 24.0 Å². The van der Waals surface area contributed by atoms with Crippen LogP contribution >= 0.6 is 0 Å². The first-order valence-electron chi connectivity index (χ1n) is 7.18. The highest BCUT2D eigenvalue weighted by Crippen LogP contribution is 2.30.